The third-order valence-corrected chi connectivity index (χ3v) is 8.10. The first-order valence-corrected chi connectivity index (χ1v) is 12.2. The number of nitrogens with zero attached hydrogens (tertiary/aromatic N) is 3. The number of thiol groups is 1. The number of benzene rings is 2. The van der Waals surface area contributed by atoms with Crippen LogP contribution in [-0.4, -0.2) is 41.4 Å². The van der Waals surface area contributed by atoms with Gasteiger partial charge in [0.1, 0.15) is 11.9 Å². The minimum absolute atomic E-state index is 0.0456. The van der Waals surface area contributed by atoms with Crippen LogP contribution >= 0.6 is 24.4 Å². The van der Waals surface area contributed by atoms with Crippen molar-refractivity contribution in [1.82, 2.24) is 9.58 Å². The molecule has 3 aliphatic heterocycles. The number of rotatable bonds is 1. The van der Waals surface area contributed by atoms with E-state index in [1.807, 2.05) is 29.3 Å². The highest BCUT2D eigenvalue weighted by molar-refractivity contribution is 7.98. The summed E-state index contributed by atoms with van der Waals surface area (Å²) in [6, 6.07) is 11.2. The van der Waals surface area contributed by atoms with E-state index in [-0.39, 0.29) is 39.8 Å². The van der Waals surface area contributed by atoms with Crippen LogP contribution in [0.4, 0.5) is 8.78 Å². The first-order valence-electron chi connectivity index (χ1n) is 10.8. The third kappa shape index (κ3) is 3.12. The Hall–Kier alpha value is -2.82. The highest BCUT2D eigenvalue weighted by atomic mass is 32.2. The van der Waals surface area contributed by atoms with Gasteiger partial charge in [0.05, 0.1) is 24.2 Å². The number of carbonyl (C=O) groups excluding carboxylic acids is 1. The van der Waals surface area contributed by atoms with Crippen LogP contribution in [0, 0.1) is 11.6 Å². The molecule has 0 aliphatic carbocycles. The van der Waals surface area contributed by atoms with Crippen LogP contribution in [0.1, 0.15) is 33.2 Å². The molecule has 3 aliphatic rings. The molecule has 0 N–H and O–H groups in total. The molecule has 1 amide bonds. The monoisotopic (exact) mass is 499 g/mol. The fraction of sp³-hybridized carbons (Fsp3) is 0.250. The SMILES string of the molecule is O=C1c2c(S)c(=O)ccn2N([C@@H]2c3ccccc3SCc3c2ccc(F)c3F)[C@@H]2COCCN12. The Morgan fingerprint density at radius 3 is 2.74 bits per heavy atom. The molecule has 3 aromatic rings. The van der Waals surface area contributed by atoms with Crippen molar-refractivity contribution in [3.8, 4) is 0 Å². The largest absolute Gasteiger partial charge is 0.375 e. The second-order valence-corrected chi connectivity index (χ2v) is 9.78. The molecule has 34 heavy (non-hydrogen) atoms. The summed E-state index contributed by atoms with van der Waals surface area (Å²) >= 11 is 5.82. The van der Waals surface area contributed by atoms with Crippen molar-refractivity contribution in [3.05, 3.63) is 92.9 Å². The second kappa shape index (κ2) is 8.14. The van der Waals surface area contributed by atoms with Crippen LogP contribution in [0.3, 0.4) is 0 Å². The fourth-order valence-corrected chi connectivity index (χ4v) is 6.37. The lowest BCUT2D eigenvalue weighted by molar-refractivity contribution is -0.0199. The number of thioether (sulfide) groups is 1. The molecule has 0 saturated carbocycles. The predicted octanol–water partition coefficient (Wildman–Crippen LogP) is 3.56. The van der Waals surface area contributed by atoms with Crippen molar-refractivity contribution < 1.29 is 18.3 Å². The quantitative estimate of drug-likeness (QED) is 0.519. The highest BCUT2D eigenvalue weighted by Crippen LogP contribution is 2.45. The first kappa shape index (κ1) is 21.7. The molecule has 4 heterocycles. The minimum atomic E-state index is -0.901. The summed E-state index contributed by atoms with van der Waals surface area (Å²) in [6.07, 6.45) is 1.02. The van der Waals surface area contributed by atoms with Gasteiger partial charge in [0.15, 0.2) is 17.1 Å². The Kier molecular flexibility index (Phi) is 5.20. The van der Waals surface area contributed by atoms with Gasteiger partial charge in [-0.15, -0.1) is 24.4 Å². The van der Waals surface area contributed by atoms with Crippen LogP contribution in [0.2, 0.25) is 0 Å². The maximum Gasteiger partial charge on any atom is 0.275 e. The van der Waals surface area contributed by atoms with Gasteiger partial charge in [0.2, 0.25) is 0 Å². The van der Waals surface area contributed by atoms with E-state index in [2.05, 4.69) is 12.6 Å². The molecule has 2 aromatic carbocycles. The van der Waals surface area contributed by atoms with Crippen molar-refractivity contribution in [2.45, 2.75) is 27.8 Å². The van der Waals surface area contributed by atoms with E-state index in [9.17, 15) is 14.0 Å². The van der Waals surface area contributed by atoms with Crippen molar-refractivity contribution in [1.29, 1.82) is 0 Å². The lowest BCUT2D eigenvalue weighted by Crippen LogP contribution is -2.66. The molecule has 2 atom stereocenters. The van der Waals surface area contributed by atoms with Gasteiger partial charge in [0, 0.05) is 35.0 Å². The fourth-order valence-electron chi connectivity index (χ4n) is 4.98. The maximum atomic E-state index is 15.1. The number of fused-ring (bicyclic) bond motifs is 4. The molecule has 0 radical (unpaired) electrons. The summed E-state index contributed by atoms with van der Waals surface area (Å²) < 4.78 is 36.7. The van der Waals surface area contributed by atoms with Gasteiger partial charge in [-0.25, -0.2) is 8.78 Å². The molecule has 0 spiro atoms. The van der Waals surface area contributed by atoms with Gasteiger partial charge < -0.3 is 9.64 Å². The number of pyridine rings is 1. The number of morpholine rings is 1. The van der Waals surface area contributed by atoms with Crippen LogP contribution in [0.25, 0.3) is 0 Å². The van der Waals surface area contributed by atoms with Crippen molar-refractivity contribution >= 4 is 30.3 Å². The van der Waals surface area contributed by atoms with E-state index in [1.54, 1.807) is 21.8 Å². The summed E-state index contributed by atoms with van der Waals surface area (Å²) in [6.45, 7) is 0.927. The van der Waals surface area contributed by atoms with Crippen molar-refractivity contribution in [2.75, 3.05) is 24.8 Å². The molecule has 1 fully saturated rings. The van der Waals surface area contributed by atoms with Crippen LogP contribution in [-0.2, 0) is 10.5 Å². The number of hydrogen-bond donors (Lipinski definition) is 1. The molecule has 0 bridgehead atoms. The molecular weight excluding hydrogens is 480 g/mol. The Bertz CT molecular complexity index is 1400. The van der Waals surface area contributed by atoms with E-state index in [0.29, 0.717) is 18.7 Å². The second-order valence-electron chi connectivity index (χ2n) is 8.31. The number of hydrogen-bond acceptors (Lipinski definition) is 6. The summed E-state index contributed by atoms with van der Waals surface area (Å²) in [5.74, 6) is -1.82. The van der Waals surface area contributed by atoms with E-state index >= 15 is 4.39 Å². The summed E-state index contributed by atoms with van der Waals surface area (Å²) in [5.41, 5.74) is 1.55. The standard InChI is InChI=1S/C24H19F2N3O3S2/c25-16-6-5-13-15(20(16)26)12-34-18-4-2-1-3-14(18)21(13)29-19-11-32-10-9-27(19)24(31)22-23(33)17(30)7-8-28(22)29/h1-8,19,21,33H,9-12H2/t19-,21+/m1/s1. The van der Waals surface area contributed by atoms with Crippen LogP contribution in [0.15, 0.2) is 63.2 Å². The zero-order chi connectivity index (χ0) is 23.6. The number of carbonyl (C=O) groups is 1. The molecule has 1 saturated heterocycles. The smallest absolute Gasteiger partial charge is 0.275 e. The topological polar surface area (TPSA) is 54.8 Å². The van der Waals surface area contributed by atoms with Gasteiger partial charge in [-0.1, -0.05) is 24.3 Å². The van der Waals surface area contributed by atoms with Crippen LogP contribution < -0.4 is 10.4 Å². The van der Waals surface area contributed by atoms with Crippen molar-refractivity contribution in [2.24, 2.45) is 0 Å². The molecule has 6 rings (SSSR count). The van der Waals surface area contributed by atoms with E-state index in [1.165, 1.54) is 17.8 Å². The Balaban J connectivity index is 1.67. The van der Waals surface area contributed by atoms with Gasteiger partial charge in [-0.05, 0) is 23.3 Å². The Morgan fingerprint density at radius 1 is 1.06 bits per heavy atom. The molecular formula is C24H19F2N3O3S2. The zero-order valence-corrected chi connectivity index (χ0v) is 19.5. The summed E-state index contributed by atoms with van der Waals surface area (Å²) in [7, 11) is 0. The summed E-state index contributed by atoms with van der Waals surface area (Å²) in [4.78, 5) is 28.5. The molecule has 174 valence electrons. The highest BCUT2D eigenvalue weighted by Gasteiger charge is 2.45. The first-order chi connectivity index (χ1) is 16.5. The van der Waals surface area contributed by atoms with Crippen LogP contribution in [0.5, 0.6) is 0 Å². The molecule has 6 nitrogen and oxygen atoms in total. The number of ether oxygens (including phenoxy) is 1. The van der Waals surface area contributed by atoms with E-state index in [0.717, 1.165) is 16.5 Å². The third-order valence-electron chi connectivity index (χ3n) is 6.55. The molecule has 0 unspecified atom stereocenters. The Morgan fingerprint density at radius 2 is 1.88 bits per heavy atom. The molecule has 1 aromatic heterocycles. The lowest BCUT2D eigenvalue weighted by Gasteiger charge is -2.51. The molecule has 10 heteroatoms. The predicted molar refractivity (Wildman–Crippen MR) is 126 cm³/mol. The summed E-state index contributed by atoms with van der Waals surface area (Å²) in [5, 5.41) is 1.93. The number of aromatic nitrogens is 1. The minimum Gasteiger partial charge on any atom is -0.375 e. The average Bonchev–Trinajstić information content (AvgIpc) is 3.01. The maximum absolute atomic E-state index is 15.1. The van der Waals surface area contributed by atoms with Gasteiger partial charge >= 0.3 is 0 Å². The van der Waals surface area contributed by atoms with Crippen molar-refractivity contribution in [3.63, 3.8) is 0 Å². The van der Waals surface area contributed by atoms with E-state index < -0.39 is 23.8 Å². The lowest BCUT2D eigenvalue weighted by atomic mass is 9.93. The number of halogens is 2. The van der Waals surface area contributed by atoms with Gasteiger partial charge in [-0.2, -0.15) is 0 Å². The zero-order valence-electron chi connectivity index (χ0n) is 17.8. The van der Waals surface area contributed by atoms with E-state index in [4.69, 9.17) is 4.74 Å². The average molecular weight is 500 g/mol. The normalized spacial score (nSPS) is 21.3. The Labute approximate surface area is 203 Å². The number of amides is 1. The van der Waals surface area contributed by atoms with Gasteiger partial charge in [0.25, 0.3) is 5.91 Å². The van der Waals surface area contributed by atoms with Gasteiger partial charge in [-0.3, -0.25) is 19.3 Å².